The Bertz CT molecular complexity index is 192. The molecule has 0 aromatic carbocycles. The molecule has 1 rings (SSSR count). The van der Waals surface area contributed by atoms with Crippen molar-refractivity contribution in [3.8, 4) is 0 Å². The van der Waals surface area contributed by atoms with Gasteiger partial charge in [-0.05, 0) is 6.92 Å². The van der Waals surface area contributed by atoms with Crippen molar-refractivity contribution in [2.24, 2.45) is 0 Å². The molecule has 0 N–H and O–H groups in total. The summed E-state index contributed by atoms with van der Waals surface area (Å²) in [7, 11) is 2.10. The summed E-state index contributed by atoms with van der Waals surface area (Å²) in [5.41, 5.74) is 1.44. The van der Waals surface area contributed by atoms with E-state index in [0.717, 1.165) is 13.1 Å². The zero-order valence-corrected chi connectivity index (χ0v) is 7.67. The predicted octanol–water partition coefficient (Wildman–Crippen LogP) is 1.29. The smallest absolute Gasteiger partial charge is 0.184 e. The standard InChI is InChI=1S/C9H17N2/c1-4-11-6-5-9(2)10(3)7-8-11/h7-8H,4-6H2,1-3H3/q+1. The molecule has 11 heavy (non-hydrogen) atoms. The molecule has 62 valence electrons. The van der Waals surface area contributed by atoms with Crippen LogP contribution in [-0.2, 0) is 0 Å². The minimum absolute atomic E-state index is 1.11. The van der Waals surface area contributed by atoms with Gasteiger partial charge in [-0.25, -0.2) is 4.58 Å². The van der Waals surface area contributed by atoms with Gasteiger partial charge in [0.05, 0.1) is 6.20 Å². The van der Waals surface area contributed by atoms with Gasteiger partial charge in [-0.2, -0.15) is 0 Å². The van der Waals surface area contributed by atoms with Gasteiger partial charge in [0, 0.05) is 26.4 Å². The van der Waals surface area contributed by atoms with Crippen molar-refractivity contribution in [1.29, 1.82) is 0 Å². The highest BCUT2D eigenvalue weighted by molar-refractivity contribution is 5.77. The van der Waals surface area contributed by atoms with E-state index < -0.39 is 0 Å². The van der Waals surface area contributed by atoms with Gasteiger partial charge in [0.2, 0.25) is 0 Å². The van der Waals surface area contributed by atoms with Gasteiger partial charge in [-0.3, -0.25) is 0 Å². The third kappa shape index (κ3) is 2.07. The molecule has 2 nitrogen and oxygen atoms in total. The van der Waals surface area contributed by atoms with Crippen molar-refractivity contribution in [2.75, 3.05) is 20.1 Å². The van der Waals surface area contributed by atoms with Gasteiger partial charge in [0.15, 0.2) is 11.9 Å². The summed E-state index contributed by atoms with van der Waals surface area (Å²) in [5, 5.41) is 0. The van der Waals surface area contributed by atoms with Crippen LogP contribution in [0.3, 0.4) is 0 Å². The first-order valence-electron chi connectivity index (χ1n) is 4.21. The average molecular weight is 153 g/mol. The predicted molar refractivity (Wildman–Crippen MR) is 47.9 cm³/mol. The molecule has 0 atom stereocenters. The molecule has 0 saturated heterocycles. The van der Waals surface area contributed by atoms with E-state index in [1.165, 1.54) is 12.1 Å². The summed E-state index contributed by atoms with van der Waals surface area (Å²) in [6, 6.07) is 0. The van der Waals surface area contributed by atoms with Crippen LogP contribution >= 0.6 is 0 Å². The second-order valence-electron chi connectivity index (χ2n) is 3.02. The van der Waals surface area contributed by atoms with Crippen molar-refractivity contribution >= 4 is 5.71 Å². The summed E-state index contributed by atoms with van der Waals surface area (Å²) >= 11 is 0. The monoisotopic (exact) mass is 153 g/mol. The minimum Gasteiger partial charge on any atom is -0.372 e. The van der Waals surface area contributed by atoms with Crippen LogP contribution in [0.5, 0.6) is 0 Å². The molecule has 0 saturated carbocycles. The zero-order valence-electron chi connectivity index (χ0n) is 7.67. The van der Waals surface area contributed by atoms with Gasteiger partial charge >= 0.3 is 0 Å². The maximum Gasteiger partial charge on any atom is 0.184 e. The molecule has 0 aromatic heterocycles. The fraction of sp³-hybridized carbons (Fsp3) is 0.667. The Hall–Kier alpha value is -0.790. The van der Waals surface area contributed by atoms with E-state index in [1.807, 2.05) is 0 Å². The SMILES string of the molecule is CCN1C=C[N+](C)=C(C)CC1. The minimum atomic E-state index is 1.11. The largest absolute Gasteiger partial charge is 0.372 e. The van der Waals surface area contributed by atoms with Gasteiger partial charge in [-0.15, -0.1) is 0 Å². The number of rotatable bonds is 1. The molecular weight excluding hydrogens is 136 g/mol. The van der Waals surface area contributed by atoms with E-state index in [4.69, 9.17) is 0 Å². The highest BCUT2D eigenvalue weighted by Crippen LogP contribution is 1.99. The highest BCUT2D eigenvalue weighted by atomic mass is 15.1. The second-order valence-corrected chi connectivity index (χ2v) is 3.02. The molecule has 1 aliphatic rings. The Kier molecular flexibility index (Phi) is 2.69. The lowest BCUT2D eigenvalue weighted by molar-refractivity contribution is -0.423. The molecule has 1 heterocycles. The van der Waals surface area contributed by atoms with Gasteiger partial charge < -0.3 is 4.90 Å². The van der Waals surface area contributed by atoms with E-state index in [0.29, 0.717) is 0 Å². The van der Waals surface area contributed by atoms with Crippen molar-refractivity contribution in [2.45, 2.75) is 20.3 Å². The maximum atomic E-state index is 2.33. The Balaban J connectivity index is 2.65. The quantitative estimate of drug-likeness (QED) is 0.514. The number of hydrogen-bond donors (Lipinski definition) is 0. The van der Waals surface area contributed by atoms with Gasteiger partial charge in [0.1, 0.15) is 7.05 Å². The topological polar surface area (TPSA) is 6.25 Å². The molecule has 0 fully saturated rings. The third-order valence-electron chi connectivity index (χ3n) is 2.27. The maximum absolute atomic E-state index is 2.33. The Morgan fingerprint density at radius 3 is 3.00 bits per heavy atom. The fourth-order valence-corrected chi connectivity index (χ4v) is 1.14. The molecule has 0 aromatic rings. The first-order valence-corrected chi connectivity index (χ1v) is 4.21. The summed E-state index contributed by atoms with van der Waals surface area (Å²) in [6.07, 6.45) is 5.47. The highest BCUT2D eigenvalue weighted by Gasteiger charge is 2.08. The molecule has 0 bridgehead atoms. The van der Waals surface area contributed by atoms with Crippen LogP contribution in [-0.4, -0.2) is 35.3 Å². The van der Waals surface area contributed by atoms with E-state index in [2.05, 4.69) is 42.8 Å². The Morgan fingerprint density at radius 1 is 1.64 bits per heavy atom. The van der Waals surface area contributed by atoms with Crippen LogP contribution in [0.4, 0.5) is 0 Å². The summed E-state index contributed by atoms with van der Waals surface area (Å²) in [5.74, 6) is 0. The Labute approximate surface area is 68.8 Å². The summed E-state index contributed by atoms with van der Waals surface area (Å²) < 4.78 is 2.19. The lowest BCUT2D eigenvalue weighted by Gasteiger charge is -2.13. The number of nitrogens with zero attached hydrogens (tertiary/aromatic N) is 2. The van der Waals surface area contributed by atoms with Crippen LogP contribution in [0.1, 0.15) is 20.3 Å². The average Bonchev–Trinajstić information content (AvgIpc) is 2.16. The molecule has 1 aliphatic heterocycles. The van der Waals surface area contributed by atoms with Crippen LogP contribution in [0, 0.1) is 0 Å². The normalized spacial score (nSPS) is 19.0. The molecule has 2 heteroatoms. The van der Waals surface area contributed by atoms with E-state index in [-0.39, 0.29) is 0 Å². The van der Waals surface area contributed by atoms with Gasteiger partial charge in [0.25, 0.3) is 0 Å². The van der Waals surface area contributed by atoms with Crippen LogP contribution < -0.4 is 0 Å². The molecule has 0 amide bonds. The van der Waals surface area contributed by atoms with E-state index >= 15 is 0 Å². The van der Waals surface area contributed by atoms with Gasteiger partial charge in [-0.1, -0.05) is 0 Å². The lowest BCUT2D eigenvalue weighted by atomic mass is 10.3. The molecular formula is C9H17N2+. The zero-order chi connectivity index (χ0) is 8.27. The van der Waals surface area contributed by atoms with Crippen LogP contribution in [0.15, 0.2) is 12.4 Å². The second kappa shape index (κ2) is 3.56. The van der Waals surface area contributed by atoms with E-state index in [1.54, 1.807) is 0 Å². The molecule has 0 unspecified atom stereocenters. The summed E-state index contributed by atoms with van der Waals surface area (Å²) in [4.78, 5) is 2.33. The summed E-state index contributed by atoms with van der Waals surface area (Å²) in [6.45, 7) is 6.63. The first kappa shape index (κ1) is 8.31. The first-order chi connectivity index (χ1) is 5.24. The third-order valence-corrected chi connectivity index (χ3v) is 2.27. The van der Waals surface area contributed by atoms with Crippen molar-refractivity contribution < 1.29 is 4.58 Å². The fourth-order valence-electron chi connectivity index (χ4n) is 1.14. The van der Waals surface area contributed by atoms with Crippen LogP contribution in [0.25, 0.3) is 0 Å². The van der Waals surface area contributed by atoms with Crippen molar-refractivity contribution in [3.63, 3.8) is 0 Å². The van der Waals surface area contributed by atoms with Crippen molar-refractivity contribution in [3.05, 3.63) is 12.4 Å². The molecule has 0 radical (unpaired) electrons. The van der Waals surface area contributed by atoms with E-state index in [9.17, 15) is 0 Å². The number of hydrogen-bond acceptors (Lipinski definition) is 1. The lowest BCUT2D eigenvalue weighted by Crippen LogP contribution is -2.18. The molecule has 0 spiro atoms. The van der Waals surface area contributed by atoms with Crippen LogP contribution in [0.2, 0.25) is 0 Å². The molecule has 0 aliphatic carbocycles. The Morgan fingerprint density at radius 2 is 2.36 bits per heavy atom. The van der Waals surface area contributed by atoms with Crippen molar-refractivity contribution in [1.82, 2.24) is 4.90 Å².